The second kappa shape index (κ2) is 9.65. The number of hydrogen-bond donors (Lipinski definition) is 3. The van der Waals surface area contributed by atoms with Crippen molar-refractivity contribution in [3.63, 3.8) is 0 Å². The van der Waals surface area contributed by atoms with Crippen LogP contribution < -0.4 is 15.4 Å². The molecule has 1 aromatic carbocycles. The fourth-order valence-electron chi connectivity index (χ4n) is 1.99. The third kappa shape index (κ3) is 8.05. The summed E-state index contributed by atoms with van der Waals surface area (Å²) in [5.41, 5.74) is -0.725. The van der Waals surface area contributed by atoms with Crippen LogP contribution in [0.2, 0.25) is 0 Å². The highest BCUT2D eigenvalue weighted by atomic mass is 32.2. The molecular weight excluding hydrogens is 386 g/mol. The minimum atomic E-state index is -3.83. The van der Waals surface area contributed by atoms with Gasteiger partial charge in [-0.2, -0.15) is 0 Å². The Morgan fingerprint density at radius 2 is 1.82 bits per heavy atom. The molecule has 0 aliphatic rings. The first kappa shape index (κ1) is 23.6. The monoisotopic (exact) mass is 413 g/mol. The van der Waals surface area contributed by atoms with Gasteiger partial charge in [0.1, 0.15) is 0 Å². The van der Waals surface area contributed by atoms with E-state index >= 15 is 0 Å². The molecule has 0 unspecified atom stereocenters. The summed E-state index contributed by atoms with van der Waals surface area (Å²) in [6.07, 6.45) is 0.694. The van der Waals surface area contributed by atoms with E-state index in [1.807, 2.05) is 12.2 Å². The van der Waals surface area contributed by atoms with Gasteiger partial charge in [-0.05, 0) is 52.3 Å². The summed E-state index contributed by atoms with van der Waals surface area (Å²) in [4.78, 5) is 35.2. The maximum absolute atomic E-state index is 12.4. The second-order valence-corrected chi connectivity index (χ2v) is 8.97. The lowest BCUT2D eigenvalue weighted by atomic mass is 10.1. The van der Waals surface area contributed by atoms with Crippen molar-refractivity contribution in [2.24, 2.45) is 0 Å². The molecule has 0 fully saturated rings. The van der Waals surface area contributed by atoms with E-state index in [4.69, 9.17) is 4.74 Å². The summed E-state index contributed by atoms with van der Waals surface area (Å²) in [6.45, 7) is 8.06. The van der Waals surface area contributed by atoms with Crippen LogP contribution in [-0.4, -0.2) is 44.5 Å². The van der Waals surface area contributed by atoms with E-state index < -0.39 is 40.1 Å². The smallest absolute Gasteiger partial charge is 0.338 e. The molecule has 1 atom stereocenters. The third-order valence-electron chi connectivity index (χ3n) is 3.40. The highest BCUT2D eigenvalue weighted by Crippen LogP contribution is 2.15. The Hall–Kier alpha value is -2.46. The van der Waals surface area contributed by atoms with Crippen molar-refractivity contribution in [1.82, 2.24) is 15.4 Å². The van der Waals surface area contributed by atoms with Crippen LogP contribution in [0, 0.1) is 0 Å². The number of hydrogen-bond acceptors (Lipinski definition) is 6. The Kier molecular flexibility index (Phi) is 8.13. The normalized spacial score (nSPS) is 12.8. The van der Waals surface area contributed by atoms with Crippen LogP contribution in [0.5, 0.6) is 0 Å². The highest BCUT2D eigenvalue weighted by molar-refractivity contribution is 7.89. The minimum absolute atomic E-state index is 0.0337. The van der Waals surface area contributed by atoms with Crippen molar-refractivity contribution in [3.8, 4) is 0 Å². The van der Waals surface area contributed by atoms with Crippen molar-refractivity contribution < 1.29 is 27.5 Å². The topological polar surface area (TPSA) is 131 Å². The molecule has 0 aliphatic carbocycles. The Bertz CT molecular complexity index is 830. The fraction of sp³-hybridized carbons (Fsp3) is 0.500. The molecule has 0 radical (unpaired) electrons. The predicted octanol–water partition coefficient (Wildman–Crippen LogP) is 1.54. The molecular formula is C18H27N3O6S. The van der Waals surface area contributed by atoms with Gasteiger partial charge in [-0.25, -0.2) is 22.7 Å². The molecule has 0 spiro atoms. The molecule has 0 aromatic heterocycles. The number of esters is 1. The highest BCUT2D eigenvalue weighted by Gasteiger charge is 2.23. The molecule has 10 heteroatoms. The Morgan fingerprint density at radius 3 is 2.39 bits per heavy atom. The molecule has 28 heavy (non-hydrogen) atoms. The van der Waals surface area contributed by atoms with Crippen LogP contribution in [0.3, 0.4) is 0 Å². The van der Waals surface area contributed by atoms with Gasteiger partial charge < -0.3 is 10.1 Å². The summed E-state index contributed by atoms with van der Waals surface area (Å²) in [7, 11) is -3.83. The van der Waals surface area contributed by atoms with E-state index in [1.54, 1.807) is 27.7 Å². The Balaban J connectivity index is 2.71. The number of rotatable bonds is 7. The fourth-order valence-corrected chi connectivity index (χ4v) is 3.46. The van der Waals surface area contributed by atoms with Crippen LogP contribution in [0.25, 0.3) is 0 Å². The number of nitrogens with one attached hydrogen (secondary N) is 3. The van der Waals surface area contributed by atoms with E-state index in [2.05, 4.69) is 10.0 Å². The van der Waals surface area contributed by atoms with Gasteiger partial charge in [-0.1, -0.05) is 13.0 Å². The number of carbonyl (C=O) groups is 3. The lowest BCUT2D eigenvalue weighted by Gasteiger charge is -2.20. The Labute approximate surface area is 165 Å². The number of amides is 3. The standard InChI is InChI=1S/C18H27N3O6S/c1-6-12(2)19-17(24)20-15(22)11-27-16(23)13-8-7-9-14(10-13)28(25,26)21-18(3,4)5/h7-10,12,21H,6,11H2,1-5H3,(H2,19,20,22,24)/t12-/m1/s1. The molecule has 0 heterocycles. The number of urea groups is 1. The van der Waals surface area contributed by atoms with Crippen LogP contribution >= 0.6 is 0 Å². The third-order valence-corrected chi connectivity index (χ3v) is 5.15. The molecule has 0 saturated carbocycles. The van der Waals surface area contributed by atoms with Crippen LogP contribution in [-0.2, 0) is 19.6 Å². The predicted molar refractivity (Wildman–Crippen MR) is 103 cm³/mol. The van der Waals surface area contributed by atoms with Crippen LogP contribution in [0.4, 0.5) is 4.79 Å². The van der Waals surface area contributed by atoms with Gasteiger partial charge >= 0.3 is 12.0 Å². The van der Waals surface area contributed by atoms with Crippen molar-refractivity contribution in [3.05, 3.63) is 29.8 Å². The van der Waals surface area contributed by atoms with Crippen LogP contribution in [0.15, 0.2) is 29.2 Å². The lowest BCUT2D eigenvalue weighted by molar-refractivity contribution is -0.123. The zero-order valence-corrected chi connectivity index (χ0v) is 17.5. The average Bonchev–Trinajstić information content (AvgIpc) is 2.57. The summed E-state index contributed by atoms with van der Waals surface area (Å²) < 4.78 is 32.0. The van der Waals surface area contributed by atoms with Gasteiger partial charge in [-0.3, -0.25) is 10.1 Å². The number of sulfonamides is 1. The van der Waals surface area contributed by atoms with E-state index in [0.29, 0.717) is 6.42 Å². The average molecular weight is 413 g/mol. The van der Waals surface area contributed by atoms with Gasteiger partial charge in [-0.15, -0.1) is 0 Å². The van der Waals surface area contributed by atoms with E-state index in [1.165, 1.54) is 18.2 Å². The first-order chi connectivity index (χ1) is 12.8. The van der Waals surface area contributed by atoms with Gasteiger partial charge in [0.15, 0.2) is 6.61 Å². The lowest BCUT2D eigenvalue weighted by Crippen LogP contribution is -2.44. The maximum atomic E-state index is 12.4. The molecule has 9 nitrogen and oxygen atoms in total. The van der Waals surface area contributed by atoms with Crippen molar-refractivity contribution in [2.45, 2.75) is 57.5 Å². The zero-order valence-electron chi connectivity index (χ0n) is 16.7. The Morgan fingerprint density at radius 1 is 1.18 bits per heavy atom. The van der Waals surface area contributed by atoms with E-state index in [9.17, 15) is 22.8 Å². The molecule has 0 aliphatic heterocycles. The number of ether oxygens (including phenoxy) is 1. The summed E-state index contributed by atoms with van der Waals surface area (Å²) in [5.74, 6) is -1.68. The molecule has 1 aromatic rings. The number of carbonyl (C=O) groups excluding carboxylic acids is 3. The van der Waals surface area contributed by atoms with Gasteiger partial charge in [0.05, 0.1) is 10.5 Å². The molecule has 0 bridgehead atoms. The van der Waals surface area contributed by atoms with E-state index in [-0.39, 0.29) is 16.5 Å². The van der Waals surface area contributed by atoms with Crippen molar-refractivity contribution in [1.29, 1.82) is 0 Å². The number of benzene rings is 1. The molecule has 3 N–H and O–H groups in total. The maximum Gasteiger partial charge on any atom is 0.338 e. The number of imide groups is 1. The quantitative estimate of drug-likeness (QED) is 0.581. The molecule has 0 saturated heterocycles. The largest absolute Gasteiger partial charge is 0.452 e. The first-order valence-electron chi connectivity index (χ1n) is 8.75. The molecule has 3 amide bonds. The summed E-state index contributed by atoms with van der Waals surface area (Å²) in [6, 6.07) is 4.47. The van der Waals surface area contributed by atoms with Crippen molar-refractivity contribution >= 4 is 27.9 Å². The zero-order chi connectivity index (χ0) is 21.5. The first-order valence-corrected chi connectivity index (χ1v) is 10.2. The van der Waals surface area contributed by atoms with Crippen molar-refractivity contribution in [2.75, 3.05) is 6.61 Å². The van der Waals surface area contributed by atoms with E-state index in [0.717, 1.165) is 6.07 Å². The minimum Gasteiger partial charge on any atom is -0.452 e. The van der Waals surface area contributed by atoms with Gasteiger partial charge in [0.25, 0.3) is 5.91 Å². The van der Waals surface area contributed by atoms with Gasteiger partial charge in [0, 0.05) is 11.6 Å². The van der Waals surface area contributed by atoms with Crippen LogP contribution in [0.1, 0.15) is 51.4 Å². The molecule has 1 rings (SSSR count). The SMILES string of the molecule is CC[C@@H](C)NC(=O)NC(=O)COC(=O)c1cccc(S(=O)(=O)NC(C)(C)C)c1. The summed E-state index contributed by atoms with van der Waals surface area (Å²) >= 11 is 0. The van der Waals surface area contributed by atoms with Gasteiger partial charge in [0.2, 0.25) is 10.0 Å². The molecule has 156 valence electrons. The summed E-state index contributed by atoms with van der Waals surface area (Å²) in [5, 5.41) is 4.58. The second-order valence-electron chi connectivity index (χ2n) is 7.29.